The molecule has 98 valence electrons. The zero-order valence-corrected chi connectivity index (χ0v) is 11.9. The van der Waals surface area contributed by atoms with Gasteiger partial charge in [-0.15, -0.1) is 11.3 Å². The molecule has 0 radical (unpaired) electrons. The maximum Gasteiger partial charge on any atom is 0.130 e. The number of aryl methyl sites for hydroxylation is 1. The Bertz CT molecular complexity index is 666. The van der Waals surface area contributed by atoms with Crippen LogP contribution < -0.4 is 5.73 Å². The molecule has 1 aliphatic carbocycles. The lowest BCUT2D eigenvalue weighted by Crippen LogP contribution is -2.15. The minimum atomic E-state index is 0.593. The molecule has 0 bridgehead atoms. The molecule has 3 rings (SSSR count). The first-order chi connectivity index (χ1) is 9.22. The largest absolute Gasteiger partial charge is 0.396 e. The number of nitrogens with zero attached hydrogens (tertiary/aromatic N) is 2. The van der Waals surface area contributed by atoms with E-state index in [2.05, 4.69) is 19.1 Å². The Labute approximate surface area is 117 Å². The second-order valence-corrected chi connectivity index (χ2v) is 6.30. The van der Waals surface area contributed by atoms with E-state index in [1.54, 1.807) is 0 Å². The van der Waals surface area contributed by atoms with Crippen molar-refractivity contribution in [2.45, 2.75) is 39.0 Å². The van der Waals surface area contributed by atoms with Gasteiger partial charge in [-0.1, -0.05) is 19.8 Å². The first-order valence-electron chi connectivity index (χ1n) is 6.83. The van der Waals surface area contributed by atoms with Gasteiger partial charge in [0.05, 0.1) is 5.69 Å². The Morgan fingerprint density at radius 1 is 1.58 bits per heavy atom. The van der Waals surface area contributed by atoms with E-state index >= 15 is 0 Å². The molecule has 0 saturated carbocycles. The number of hydrogen-bond acceptors (Lipinski definition) is 4. The molecule has 2 aromatic rings. The number of hydrogen-bond donors (Lipinski definition) is 1. The molecule has 2 N–H and O–H groups in total. The van der Waals surface area contributed by atoms with Crippen LogP contribution in [0.2, 0.25) is 0 Å². The third kappa shape index (κ3) is 2.08. The molecule has 0 amide bonds. The van der Waals surface area contributed by atoms with Crippen molar-refractivity contribution in [1.29, 1.82) is 5.26 Å². The van der Waals surface area contributed by atoms with Crippen molar-refractivity contribution in [3.05, 3.63) is 22.2 Å². The van der Waals surface area contributed by atoms with E-state index in [4.69, 9.17) is 16.0 Å². The van der Waals surface area contributed by atoms with Gasteiger partial charge in [0.25, 0.3) is 0 Å². The molecule has 3 nitrogen and oxygen atoms in total. The van der Waals surface area contributed by atoms with Gasteiger partial charge in [-0.2, -0.15) is 5.26 Å². The summed E-state index contributed by atoms with van der Waals surface area (Å²) in [5.41, 5.74) is 9.16. The van der Waals surface area contributed by atoms with E-state index in [-0.39, 0.29) is 0 Å². The Balaban J connectivity index is 2.05. The molecule has 2 aromatic heterocycles. The Hall–Kier alpha value is -1.60. The summed E-state index contributed by atoms with van der Waals surface area (Å²) in [5, 5.41) is 10.0. The van der Waals surface area contributed by atoms with Gasteiger partial charge in [0.2, 0.25) is 0 Å². The number of anilines is 1. The topological polar surface area (TPSA) is 62.7 Å². The standard InChI is InChI=1S/C15H17N3S/c1-2-3-9-4-5-10-7-11-14(17)13(8-16)19-15(11)18-12(10)6-9/h7,9H,2-6,17H2,1H3. The summed E-state index contributed by atoms with van der Waals surface area (Å²) in [6, 6.07) is 4.32. The molecule has 1 atom stereocenters. The monoisotopic (exact) mass is 271 g/mol. The predicted octanol–water partition coefficient (Wildman–Crippen LogP) is 3.66. The second kappa shape index (κ2) is 4.82. The van der Waals surface area contributed by atoms with Crippen molar-refractivity contribution in [3.8, 4) is 6.07 Å². The molecular weight excluding hydrogens is 254 g/mol. The van der Waals surface area contributed by atoms with Gasteiger partial charge in [-0.3, -0.25) is 0 Å². The maximum atomic E-state index is 9.05. The molecule has 0 aliphatic heterocycles. The lowest BCUT2D eigenvalue weighted by atomic mass is 9.84. The number of pyridine rings is 1. The van der Waals surface area contributed by atoms with E-state index in [0.717, 1.165) is 29.0 Å². The fourth-order valence-corrected chi connectivity index (χ4v) is 3.88. The van der Waals surface area contributed by atoms with Crippen molar-refractivity contribution in [3.63, 3.8) is 0 Å². The van der Waals surface area contributed by atoms with Gasteiger partial charge in [0.15, 0.2) is 0 Å². The van der Waals surface area contributed by atoms with E-state index in [0.29, 0.717) is 10.6 Å². The summed E-state index contributed by atoms with van der Waals surface area (Å²) in [5.74, 6) is 0.773. The second-order valence-electron chi connectivity index (χ2n) is 5.30. The van der Waals surface area contributed by atoms with Crippen molar-refractivity contribution >= 4 is 27.2 Å². The summed E-state index contributed by atoms with van der Waals surface area (Å²) in [7, 11) is 0. The molecule has 0 saturated heterocycles. The van der Waals surface area contributed by atoms with Crippen LogP contribution in [0.4, 0.5) is 5.69 Å². The molecule has 4 heteroatoms. The third-order valence-corrected chi connectivity index (χ3v) is 5.01. The van der Waals surface area contributed by atoms with Crippen molar-refractivity contribution in [1.82, 2.24) is 4.98 Å². The van der Waals surface area contributed by atoms with Crippen LogP contribution in [0.5, 0.6) is 0 Å². The Morgan fingerprint density at radius 2 is 2.42 bits per heavy atom. The van der Waals surface area contributed by atoms with Gasteiger partial charge in [0.1, 0.15) is 15.8 Å². The highest BCUT2D eigenvalue weighted by Gasteiger charge is 2.21. The quantitative estimate of drug-likeness (QED) is 0.906. The minimum Gasteiger partial charge on any atom is -0.396 e. The lowest BCUT2D eigenvalue weighted by molar-refractivity contribution is 0.418. The van der Waals surface area contributed by atoms with E-state index in [9.17, 15) is 0 Å². The Morgan fingerprint density at radius 3 is 3.16 bits per heavy atom. The highest BCUT2D eigenvalue weighted by molar-refractivity contribution is 7.19. The maximum absolute atomic E-state index is 9.05. The number of fused-ring (bicyclic) bond motifs is 2. The molecule has 0 spiro atoms. The van der Waals surface area contributed by atoms with E-state index < -0.39 is 0 Å². The fourth-order valence-electron chi connectivity index (χ4n) is 2.98. The van der Waals surface area contributed by atoms with Gasteiger partial charge >= 0.3 is 0 Å². The summed E-state index contributed by atoms with van der Waals surface area (Å²) >= 11 is 1.41. The molecule has 19 heavy (non-hydrogen) atoms. The summed E-state index contributed by atoms with van der Waals surface area (Å²) in [4.78, 5) is 6.28. The predicted molar refractivity (Wildman–Crippen MR) is 79.2 cm³/mol. The molecular formula is C15H17N3S. The van der Waals surface area contributed by atoms with Crippen molar-refractivity contribution in [2.24, 2.45) is 5.92 Å². The first kappa shape index (κ1) is 12.4. The van der Waals surface area contributed by atoms with Gasteiger partial charge in [-0.05, 0) is 36.8 Å². The zero-order valence-electron chi connectivity index (χ0n) is 11.1. The number of thiophene rings is 1. The molecule has 1 aliphatic rings. The lowest BCUT2D eigenvalue weighted by Gasteiger charge is -2.23. The Kier molecular flexibility index (Phi) is 3.16. The summed E-state index contributed by atoms with van der Waals surface area (Å²) in [6.07, 6.45) is 5.96. The van der Waals surface area contributed by atoms with Crippen LogP contribution >= 0.6 is 11.3 Å². The summed E-state index contributed by atoms with van der Waals surface area (Å²) < 4.78 is 0. The van der Waals surface area contributed by atoms with Crippen LogP contribution in [0.25, 0.3) is 10.2 Å². The average Bonchev–Trinajstić information content (AvgIpc) is 2.73. The van der Waals surface area contributed by atoms with Crippen molar-refractivity contribution in [2.75, 3.05) is 5.73 Å². The number of nitrogen functional groups attached to an aromatic ring is 1. The number of nitriles is 1. The smallest absolute Gasteiger partial charge is 0.130 e. The van der Waals surface area contributed by atoms with E-state index in [1.165, 1.54) is 41.9 Å². The molecule has 1 unspecified atom stereocenters. The summed E-state index contributed by atoms with van der Waals surface area (Å²) in [6.45, 7) is 2.24. The van der Waals surface area contributed by atoms with Crippen LogP contribution in [-0.4, -0.2) is 4.98 Å². The normalized spacial score (nSPS) is 18.2. The highest BCUT2D eigenvalue weighted by atomic mass is 32.1. The average molecular weight is 271 g/mol. The van der Waals surface area contributed by atoms with Crippen LogP contribution in [-0.2, 0) is 12.8 Å². The van der Waals surface area contributed by atoms with Crippen LogP contribution in [0.1, 0.15) is 42.3 Å². The number of aromatic nitrogens is 1. The SMILES string of the molecule is CCCC1CCc2cc3c(N)c(C#N)sc3nc2C1. The zero-order chi connectivity index (χ0) is 13.4. The molecule has 2 heterocycles. The number of rotatable bonds is 2. The van der Waals surface area contributed by atoms with Crippen LogP contribution in [0, 0.1) is 17.2 Å². The molecule has 0 fully saturated rings. The number of nitrogens with two attached hydrogens (primary N) is 1. The van der Waals surface area contributed by atoms with Gasteiger partial charge in [-0.25, -0.2) is 4.98 Å². The van der Waals surface area contributed by atoms with E-state index in [1.807, 2.05) is 0 Å². The first-order valence-corrected chi connectivity index (χ1v) is 7.65. The minimum absolute atomic E-state index is 0.593. The van der Waals surface area contributed by atoms with Crippen LogP contribution in [0.15, 0.2) is 6.07 Å². The van der Waals surface area contributed by atoms with Gasteiger partial charge in [0, 0.05) is 11.1 Å². The van der Waals surface area contributed by atoms with Gasteiger partial charge < -0.3 is 5.73 Å². The van der Waals surface area contributed by atoms with Crippen LogP contribution in [0.3, 0.4) is 0 Å². The third-order valence-electron chi connectivity index (χ3n) is 3.99. The highest BCUT2D eigenvalue weighted by Crippen LogP contribution is 2.36. The van der Waals surface area contributed by atoms with Crippen molar-refractivity contribution < 1.29 is 0 Å². The molecule has 0 aromatic carbocycles. The fraction of sp³-hybridized carbons (Fsp3) is 0.467.